The average molecular weight is 259 g/mol. The zero-order valence-corrected chi connectivity index (χ0v) is 10.9. The fourth-order valence-electron chi connectivity index (χ4n) is 1.70. The van der Waals surface area contributed by atoms with Gasteiger partial charge in [0.05, 0.1) is 7.11 Å². The van der Waals surface area contributed by atoms with E-state index in [0.29, 0.717) is 30.5 Å². The Morgan fingerprint density at radius 2 is 1.95 bits per heavy atom. The quantitative estimate of drug-likeness (QED) is 0.852. The maximum atomic E-state index is 5.67. The van der Waals surface area contributed by atoms with E-state index in [1.807, 2.05) is 18.2 Å². The summed E-state index contributed by atoms with van der Waals surface area (Å²) in [5, 5.41) is 0. The van der Waals surface area contributed by atoms with Crippen molar-refractivity contribution >= 4 is 0 Å². The van der Waals surface area contributed by atoms with Crippen LogP contribution in [0.25, 0.3) is 0 Å². The molecule has 0 saturated heterocycles. The molecule has 19 heavy (non-hydrogen) atoms. The summed E-state index contributed by atoms with van der Waals surface area (Å²) in [7, 11) is 1.62. The normalized spacial score (nSPS) is 10.2. The van der Waals surface area contributed by atoms with Gasteiger partial charge in [-0.2, -0.15) is 0 Å². The third-order valence-corrected chi connectivity index (χ3v) is 2.64. The summed E-state index contributed by atoms with van der Waals surface area (Å²) in [6.45, 7) is 0.925. The van der Waals surface area contributed by atoms with Crippen molar-refractivity contribution in [1.29, 1.82) is 0 Å². The maximum Gasteiger partial charge on any atom is 0.166 e. The van der Waals surface area contributed by atoms with Crippen molar-refractivity contribution < 1.29 is 9.47 Å². The lowest BCUT2D eigenvalue weighted by Gasteiger charge is -2.11. The average Bonchev–Trinajstić information content (AvgIpc) is 2.47. The number of aromatic nitrogens is 2. The molecule has 0 aliphatic carbocycles. The molecule has 0 aliphatic rings. The SMILES string of the molecule is COc1cc(CCN)ccc1OCc1ncccn1. The number of hydrogen-bond donors (Lipinski definition) is 1. The molecule has 0 saturated carbocycles. The molecule has 100 valence electrons. The first-order valence-electron chi connectivity index (χ1n) is 6.09. The van der Waals surface area contributed by atoms with Gasteiger partial charge in [0.1, 0.15) is 6.61 Å². The minimum absolute atomic E-state index is 0.313. The van der Waals surface area contributed by atoms with Crippen LogP contribution in [0, 0.1) is 0 Å². The van der Waals surface area contributed by atoms with Gasteiger partial charge in [-0.15, -0.1) is 0 Å². The molecule has 1 aromatic carbocycles. The summed E-state index contributed by atoms with van der Waals surface area (Å²) in [5.41, 5.74) is 6.66. The second-order valence-corrected chi connectivity index (χ2v) is 3.98. The predicted molar refractivity (Wildman–Crippen MR) is 72.1 cm³/mol. The molecule has 0 atom stereocenters. The molecule has 5 heteroatoms. The van der Waals surface area contributed by atoms with Gasteiger partial charge < -0.3 is 15.2 Å². The van der Waals surface area contributed by atoms with Crippen molar-refractivity contribution in [2.24, 2.45) is 5.73 Å². The van der Waals surface area contributed by atoms with Crippen LogP contribution in [-0.2, 0) is 13.0 Å². The lowest BCUT2D eigenvalue weighted by atomic mass is 10.1. The van der Waals surface area contributed by atoms with Crippen molar-refractivity contribution in [1.82, 2.24) is 9.97 Å². The summed E-state index contributed by atoms with van der Waals surface area (Å²) in [4.78, 5) is 8.21. The van der Waals surface area contributed by atoms with E-state index in [-0.39, 0.29) is 0 Å². The van der Waals surface area contributed by atoms with E-state index in [1.54, 1.807) is 25.6 Å². The number of nitrogens with two attached hydrogens (primary N) is 1. The Balaban J connectivity index is 2.07. The second-order valence-electron chi connectivity index (χ2n) is 3.98. The molecule has 0 radical (unpaired) electrons. The van der Waals surface area contributed by atoms with Gasteiger partial charge in [-0.1, -0.05) is 6.07 Å². The van der Waals surface area contributed by atoms with E-state index >= 15 is 0 Å². The van der Waals surface area contributed by atoms with E-state index in [2.05, 4.69) is 9.97 Å². The monoisotopic (exact) mass is 259 g/mol. The van der Waals surface area contributed by atoms with Crippen molar-refractivity contribution in [3.05, 3.63) is 48.0 Å². The van der Waals surface area contributed by atoms with Crippen molar-refractivity contribution in [3.63, 3.8) is 0 Å². The maximum absolute atomic E-state index is 5.67. The summed E-state index contributed by atoms with van der Waals surface area (Å²) >= 11 is 0. The number of ether oxygens (including phenoxy) is 2. The minimum atomic E-state index is 0.313. The Morgan fingerprint density at radius 1 is 1.16 bits per heavy atom. The number of benzene rings is 1. The van der Waals surface area contributed by atoms with E-state index in [1.165, 1.54) is 0 Å². The molecule has 0 bridgehead atoms. The molecular weight excluding hydrogens is 242 g/mol. The molecule has 2 aromatic rings. The first kappa shape index (κ1) is 13.3. The number of nitrogens with zero attached hydrogens (tertiary/aromatic N) is 2. The molecule has 0 amide bonds. The zero-order chi connectivity index (χ0) is 13.5. The summed E-state index contributed by atoms with van der Waals surface area (Å²) in [6.07, 6.45) is 4.19. The fourth-order valence-corrected chi connectivity index (χ4v) is 1.70. The molecule has 2 N–H and O–H groups in total. The van der Waals surface area contributed by atoms with E-state index in [9.17, 15) is 0 Å². The van der Waals surface area contributed by atoms with Gasteiger partial charge in [0.25, 0.3) is 0 Å². The summed E-state index contributed by atoms with van der Waals surface area (Å²) in [6, 6.07) is 7.57. The fraction of sp³-hybridized carbons (Fsp3) is 0.286. The lowest BCUT2D eigenvalue weighted by molar-refractivity contribution is 0.276. The van der Waals surface area contributed by atoms with E-state index in [4.69, 9.17) is 15.2 Å². The van der Waals surface area contributed by atoms with Crippen LogP contribution in [0.5, 0.6) is 11.5 Å². The Kier molecular flexibility index (Phi) is 4.69. The van der Waals surface area contributed by atoms with Gasteiger partial charge in [0.2, 0.25) is 0 Å². The third-order valence-electron chi connectivity index (χ3n) is 2.64. The predicted octanol–water partition coefficient (Wildman–Crippen LogP) is 1.57. The molecule has 0 spiro atoms. The molecule has 1 heterocycles. The number of rotatable bonds is 6. The van der Waals surface area contributed by atoms with Gasteiger partial charge in [-0.3, -0.25) is 0 Å². The van der Waals surface area contributed by atoms with Crippen molar-refractivity contribution in [2.75, 3.05) is 13.7 Å². The largest absolute Gasteiger partial charge is 0.493 e. The molecule has 0 aliphatic heterocycles. The molecular formula is C14H17N3O2. The van der Waals surface area contributed by atoms with Crippen LogP contribution in [0.15, 0.2) is 36.7 Å². The molecule has 0 unspecified atom stereocenters. The van der Waals surface area contributed by atoms with Gasteiger partial charge in [0, 0.05) is 12.4 Å². The van der Waals surface area contributed by atoms with Crippen LogP contribution in [-0.4, -0.2) is 23.6 Å². The standard InChI is InChI=1S/C14H17N3O2/c1-18-13-9-11(5-6-15)3-4-12(13)19-10-14-16-7-2-8-17-14/h2-4,7-9H,5-6,10,15H2,1H3. The van der Waals surface area contributed by atoms with Crippen molar-refractivity contribution in [3.8, 4) is 11.5 Å². The number of hydrogen-bond acceptors (Lipinski definition) is 5. The molecule has 2 rings (SSSR count). The molecule has 1 aromatic heterocycles. The molecule has 5 nitrogen and oxygen atoms in total. The van der Waals surface area contributed by atoms with Crippen LogP contribution in [0.1, 0.15) is 11.4 Å². The lowest BCUT2D eigenvalue weighted by Crippen LogP contribution is -2.04. The van der Waals surface area contributed by atoms with E-state index < -0.39 is 0 Å². The Bertz CT molecular complexity index is 517. The van der Waals surface area contributed by atoms with Crippen LogP contribution in [0.3, 0.4) is 0 Å². The highest BCUT2D eigenvalue weighted by Gasteiger charge is 2.06. The minimum Gasteiger partial charge on any atom is -0.493 e. The van der Waals surface area contributed by atoms with Gasteiger partial charge in [-0.25, -0.2) is 9.97 Å². The van der Waals surface area contributed by atoms with Crippen LogP contribution >= 0.6 is 0 Å². The van der Waals surface area contributed by atoms with Gasteiger partial charge >= 0.3 is 0 Å². The number of methoxy groups -OCH3 is 1. The van der Waals surface area contributed by atoms with Gasteiger partial charge in [-0.05, 0) is 36.7 Å². The first-order valence-corrected chi connectivity index (χ1v) is 6.09. The Morgan fingerprint density at radius 3 is 2.63 bits per heavy atom. The van der Waals surface area contributed by atoms with E-state index in [0.717, 1.165) is 12.0 Å². The smallest absolute Gasteiger partial charge is 0.166 e. The third kappa shape index (κ3) is 3.66. The highest BCUT2D eigenvalue weighted by molar-refractivity contribution is 5.43. The highest BCUT2D eigenvalue weighted by Crippen LogP contribution is 2.28. The van der Waals surface area contributed by atoms with Gasteiger partial charge in [0.15, 0.2) is 17.3 Å². The summed E-state index contributed by atoms with van der Waals surface area (Å²) < 4.78 is 11.0. The topological polar surface area (TPSA) is 70.3 Å². The van der Waals surface area contributed by atoms with Crippen LogP contribution in [0.4, 0.5) is 0 Å². The first-order chi connectivity index (χ1) is 9.33. The second kappa shape index (κ2) is 6.70. The Labute approximate surface area is 112 Å². The Hall–Kier alpha value is -2.14. The summed E-state index contributed by atoms with van der Waals surface area (Å²) in [5.74, 6) is 2.01. The zero-order valence-electron chi connectivity index (χ0n) is 10.9. The van der Waals surface area contributed by atoms with Crippen LogP contribution < -0.4 is 15.2 Å². The highest BCUT2D eigenvalue weighted by atomic mass is 16.5. The van der Waals surface area contributed by atoms with Crippen molar-refractivity contribution in [2.45, 2.75) is 13.0 Å². The molecule has 0 fully saturated rings. The van der Waals surface area contributed by atoms with Crippen LogP contribution in [0.2, 0.25) is 0 Å².